The number of hydrogen-bond donors (Lipinski definition) is 2. The van der Waals surface area contributed by atoms with E-state index in [1.165, 1.54) is 5.56 Å². The Hall–Kier alpha value is -1.29. The van der Waals surface area contributed by atoms with Gasteiger partial charge in [-0.15, -0.1) is 0 Å². The van der Waals surface area contributed by atoms with E-state index in [9.17, 15) is 4.79 Å². The summed E-state index contributed by atoms with van der Waals surface area (Å²) in [4.78, 5) is 12.3. The molecular weight excluding hydrogens is 228 g/mol. The highest BCUT2D eigenvalue weighted by Gasteiger charge is 2.32. The molecule has 4 heteroatoms. The summed E-state index contributed by atoms with van der Waals surface area (Å²) in [5.41, 5.74) is 1.17. The first kappa shape index (κ1) is 11.8. The van der Waals surface area contributed by atoms with Gasteiger partial charge in [-0.2, -0.15) is 0 Å². The van der Waals surface area contributed by atoms with Crippen LogP contribution in [-0.4, -0.2) is 19.0 Å². The molecule has 3 rings (SSSR count). The molecule has 1 aromatic rings. The van der Waals surface area contributed by atoms with Crippen LogP contribution in [0.1, 0.15) is 37.1 Å². The third-order valence-corrected chi connectivity index (χ3v) is 4.22. The van der Waals surface area contributed by atoms with Crippen LogP contribution in [0, 0.1) is 11.8 Å². The van der Waals surface area contributed by atoms with Crippen molar-refractivity contribution in [2.75, 3.05) is 13.1 Å². The summed E-state index contributed by atoms with van der Waals surface area (Å²) in [6, 6.07) is 2.14. The van der Waals surface area contributed by atoms with Crippen LogP contribution < -0.4 is 10.6 Å². The average Bonchev–Trinajstić information content (AvgIpc) is 2.97. The largest absolute Gasteiger partial charge is 0.469 e. The van der Waals surface area contributed by atoms with Gasteiger partial charge in [-0.3, -0.25) is 4.79 Å². The molecule has 1 aromatic heterocycles. The van der Waals surface area contributed by atoms with E-state index in [0.717, 1.165) is 38.1 Å². The van der Waals surface area contributed by atoms with Crippen molar-refractivity contribution in [2.24, 2.45) is 11.8 Å². The third kappa shape index (κ3) is 2.05. The molecule has 1 aliphatic heterocycles. The number of amides is 1. The second kappa shape index (κ2) is 4.76. The average molecular weight is 248 g/mol. The highest BCUT2D eigenvalue weighted by Crippen LogP contribution is 2.31. The molecule has 18 heavy (non-hydrogen) atoms. The van der Waals surface area contributed by atoms with E-state index < -0.39 is 0 Å². The van der Waals surface area contributed by atoms with Gasteiger partial charge in [0.25, 0.3) is 0 Å². The zero-order chi connectivity index (χ0) is 12.5. The first-order chi connectivity index (χ1) is 8.75. The highest BCUT2D eigenvalue weighted by atomic mass is 16.3. The molecule has 1 fully saturated rings. The SMILES string of the molecule is CC1CNCC1C(=O)NC1CCCc2occc21. The standard InChI is InChI=1S/C14H20N2O2/c1-9-7-15-8-11(9)14(17)16-12-3-2-4-13-10(12)5-6-18-13/h5-6,9,11-12,15H,2-4,7-8H2,1H3,(H,16,17). The van der Waals surface area contributed by atoms with Gasteiger partial charge in [0.2, 0.25) is 5.91 Å². The summed E-state index contributed by atoms with van der Waals surface area (Å²) >= 11 is 0. The van der Waals surface area contributed by atoms with E-state index >= 15 is 0 Å². The molecule has 0 bridgehead atoms. The number of rotatable bonds is 2. The van der Waals surface area contributed by atoms with Crippen molar-refractivity contribution in [1.29, 1.82) is 0 Å². The molecule has 0 radical (unpaired) electrons. The quantitative estimate of drug-likeness (QED) is 0.836. The number of aryl methyl sites for hydroxylation is 1. The first-order valence-electron chi connectivity index (χ1n) is 6.83. The van der Waals surface area contributed by atoms with Crippen LogP contribution in [-0.2, 0) is 11.2 Å². The molecule has 1 amide bonds. The normalized spacial score (nSPS) is 31.1. The number of carbonyl (C=O) groups is 1. The lowest BCUT2D eigenvalue weighted by Crippen LogP contribution is -2.37. The van der Waals surface area contributed by atoms with Crippen molar-refractivity contribution in [2.45, 2.75) is 32.2 Å². The summed E-state index contributed by atoms with van der Waals surface area (Å²) in [5.74, 6) is 1.77. The molecule has 2 aliphatic rings. The number of nitrogens with one attached hydrogen (secondary N) is 2. The van der Waals surface area contributed by atoms with Crippen molar-refractivity contribution in [3.8, 4) is 0 Å². The second-order valence-electron chi connectivity index (χ2n) is 5.49. The van der Waals surface area contributed by atoms with E-state index in [1.807, 2.05) is 6.07 Å². The van der Waals surface area contributed by atoms with Crippen LogP contribution in [0.5, 0.6) is 0 Å². The summed E-state index contributed by atoms with van der Waals surface area (Å²) in [6.45, 7) is 3.88. The highest BCUT2D eigenvalue weighted by molar-refractivity contribution is 5.80. The summed E-state index contributed by atoms with van der Waals surface area (Å²) in [5, 5.41) is 6.47. The minimum absolute atomic E-state index is 0.113. The Morgan fingerprint density at radius 3 is 3.17 bits per heavy atom. The van der Waals surface area contributed by atoms with Gasteiger partial charge in [-0.05, 0) is 31.4 Å². The van der Waals surface area contributed by atoms with Crippen molar-refractivity contribution < 1.29 is 9.21 Å². The lowest BCUT2D eigenvalue weighted by molar-refractivity contribution is -0.126. The molecule has 3 unspecified atom stereocenters. The minimum Gasteiger partial charge on any atom is -0.469 e. The van der Waals surface area contributed by atoms with Crippen LogP contribution in [0.15, 0.2) is 16.7 Å². The number of furan rings is 1. The monoisotopic (exact) mass is 248 g/mol. The topological polar surface area (TPSA) is 54.3 Å². The van der Waals surface area contributed by atoms with Crippen LogP contribution in [0.2, 0.25) is 0 Å². The van der Waals surface area contributed by atoms with Gasteiger partial charge in [0.05, 0.1) is 18.2 Å². The Kier molecular flexibility index (Phi) is 3.12. The first-order valence-corrected chi connectivity index (χ1v) is 6.83. The zero-order valence-electron chi connectivity index (χ0n) is 10.7. The second-order valence-corrected chi connectivity index (χ2v) is 5.49. The molecule has 2 N–H and O–H groups in total. The fourth-order valence-corrected chi connectivity index (χ4v) is 3.08. The van der Waals surface area contributed by atoms with Crippen LogP contribution in [0.4, 0.5) is 0 Å². The summed E-state index contributed by atoms with van der Waals surface area (Å²) in [7, 11) is 0. The predicted molar refractivity (Wildman–Crippen MR) is 68.1 cm³/mol. The molecule has 1 saturated heterocycles. The summed E-state index contributed by atoms with van der Waals surface area (Å²) < 4.78 is 5.45. The molecular formula is C14H20N2O2. The Morgan fingerprint density at radius 2 is 2.39 bits per heavy atom. The molecule has 3 atom stereocenters. The van der Waals surface area contributed by atoms with Gasteiger partial charge < -0.3 is 15.1 Å². The zero-order valence-corrected chi connectivity index (χ0v) is 10.7. The van der Waals surface area contributed by atoms with Gasteiger partial charge in [-0.25, -0.2) is 0 Å². The molecule has 0 spiro atoms. The lowest BCUT2D eigenvalue weighted by atomic mass is 9.91. The molecule has 4 nitrogen and oxygen atoms in total. The molecule has 0 saturated carbocycles. The Morgan fingerprint density at radius 1 is 1.50 bits per heavy atom. The van der Waals surface area contributed by atoms with Gasteiger partial charge in [0, 0.05) is 18.5 Å². The van der Waals surface area contributed by atoms with E-state index in [1.54, 1.807) is 6.26 Å². The predicted octanol–water partition coefficient (Wildman–Crippen LogP) is 1.63. The Bertz CT molecular complexity index is 441. The third-order valence-electron chi connectivity index (χ3n) is 4.22. The molecule has 0 aromatic carbocycles. The lowest BCUT2D eigenvalue weighted by Gasteiger charge is -2.25. The van der Waals surface area contributed by atoms with Gasteiger partial charge in [0.15, 0.2) is 0 Å². The fraction of sp³-hybridized carbons (Fsp3) is 0.643. The van der Waals surface area contributed by atoms with E-state index in [0.29, 0.717) is 5.92 Å². The minimum atomic E-state index is 0.113. The van der Waals surface area contributed by atoms with Crippen molar-refractivity contribution in [1.82, 2.24) is 10.6 Å². The van der Waals surface area contributed by atoms with Crippen molar-refractivity contribution in [3.05, 3.63) is 23.7 Å². The Labute approximate surface area is 107 Å². The van der Waals surface area contributed by atoms with Crippen molar-refractivity contribution >= 4 is 5.91 Å². The number of carbonyl (C=O) groups excluding carboxylic acids is 1. The Balaban J connectivity index is 1.69. The van der Waals surface area contributed by atoms with E-state index in [2.05, 4.69) is 17.6 Å². The molecule has 98 valence electrons. The van der Waals surface area contributed by atoms with E-state index in [4.69, 9.17) is 4.42 Å². The maximum atomic E-state index is 12.3. The summed E-state index contributed by atoms with van der Waals surface area (Å²) in [6.07, 6.45) is 4.84. The maximum absolute atomic E-state index is 12.3. The fourth-order valence-electron chi connectivity index (χ4n) is 3.08. The van der Waals surface area contributed by atoms with Crippen molar-refractivity contribution in [3.63, 3.8) is 0 Å². The van der Waals surface area contributed by atoms with Gasteiger partial charge in [0.1, 0.15) is 5.76 Å². The van der Waals surface area contributed by atoms with Crippen LogP contribution >= 0.6 is 0 Å². The molecule has 1 aliphatic carbocycles. The van der Waals surface area contributed by atoms with E-state index in [-0.39, 0.29) is 17.9 Å². The van der Waals surface area contributed by atoms with Crippen LogP contribution in [0.3, 0.4) is 0 Å². The van der Waals surface area contributed by atoms with Gasteiger partial charge in [-0.1, -0.05) is 6.92 Å². The maximum Gasteiger partial charge on any atom is 0.225 e. The number of fused-ring (bicyclic) bond motifs is 1. The smallest absolute Gasteiger partial charge is 0.225 e. The molecule has 2 heterocycles. The van der Waals surface area contributed by atoms with Crippen LogP contribution in [0.25, 0.3) is 0 Å². The van der Waals surface area contributed by atoms with Gasteiger partial charge >= 0.3 is 0 Å². The number of hydrogen-bond acceptors (Lipinski definition) is 3.